The molecule has 8 nitrogen and oxygen atoms in total. The minimum Gasteiger partial charge on any atom is -0.383 e. The highest BCUT2D eigenvalue weighted by molar-refractivity contribution is 5.73. The zero-order chi connectivity index (χ0) is 14.7. The first kappa shape index (κ1) is 14.8. The molecule has 0 aromatic carbocycles. The average Bonchev–Trinajstić information content (AvgIpc) is 2.34. The molecule has 0 aliphatic carbocycles. The van der Waals surface area contributed by atoms with Gasteiger partial charge in [0.1, 0.15) is 11.5 Å². The predicted molar refractivity (Wildman–Crippen MR) is 73.0 cm³/mol. The molecule has 0 atom stereocenters. The van der Waals surface area contributed by atoms with E-state index < -0.39 is 17.2 Å². The minimum atomic E-state index is -0.475. The summed E-state index contributed by atoms with van der Waals surface area (Å²) in [6.07, 6.45) is 0.744. The molecule has 1 rings (SSSR count). The van der Waals surface area contributed by atoms with E-state index in [1.54, 1.807) is 11.9 Å². The number of nitrogens with two attached hydrogens (primary N) is 2. The molecule has 0 unspecified atom stereocenters. The Labute approximate surface area is 110 Å². The Hall–Kier alpha value is -2.25. The largest absolute Gasteiger partial charge is 0.383 e. The van der Waals surface area contributed by atoms with Crippen LogP contribution in [0.1, 0.15) is 12.8 Å². The molecule has 0 bridgehead atoms. The number of nitrogens with zero attached hydrogens (tertiary/aromatic N) is 3. The SMILES string of the molecule is CN(CCCC(N)=O)c1c(N)n(C)c(=O)n(C)c1=O. The molecule has 1 aromatic heterocycles. The Morgan fingerprint density at radius 3 is 2.37 bits per heavy atom. The summed E-state index contributed by atoms with van der Waals surface area (Å²) in [6, 6.07) is 0. The highest BCUT2D eigenvalue weighted by atomic mass is 16.2. The Morgan fingerprint density at radius 2 is 1.84 bits per heavy atom. The van der Waals surface area contributed by atoms with E-state index in [4.69, 9.17) is 11.5 Å². The summed E-state index contributed by atoms with van der Waals surface area (Å²) in [5.41, 5.74) is 10.2. The van der Waals surface area contributed by atoms with Crippen molar-refractivity contribution in [3.63, 3.8) is 0 Å². The third-order valence-electron chi connectivity index (χ3n) is 2.98. The van der Waals surface area contributed by atoms with Crippen molar-refractivity contribution >= 4 is 17.4 Å². The van der Waals surface area contributed by atoms with Gasteiger partial charge in [0.05, 0.1) is 0 Å². The summed E-state index contributed by atoms with van der Waals surface area (Å²) >= 11 is 0. The lowest BCUT2D eigenvalue weighted by Crippen LogP contribution is -2.42. The molecule has 0 fully saturated rings. The molecule has 4 N–H and O–H groups in total. The number of anilines is 2. The van der Waals surface area contributed by atoms with Crippen molar-refractivity contribution in [2.45, 2.75) is 12.8 Å². The molecule has 1 aromatic rings. The smallest absolute Gasteiger partial charge is 0.332 e. The van der Waals surface area contributed by atoms with E-state index in [0.717, 1.165) is 4.57 Å². The van der Waals surface area contributed by atoms with E-state index in [2.05, 4.69) is 0 Å². The highest BCUT2D eigenvalue weighted by Crippen LogP contribution is 2.14. The molecule has 1 amide bonds. The molecule has 0 saturated carbocycles. The zero-order valence-electron chi connectivity index (χ0n) is 11.3. The lowest BCUT2D eigenvalue weighted by atomic mass is 10.2. The molecule has 0 radical (unpaired) electrons. The summed E-state index contributed by atoms with van der Waals surface area (Å²) in [6.45, 7) is 0.445. The van der Waals surface area contributed by atoms with Gasteiger partial charge in [-0.2, -0.15) is 0 Å². The third kappa shape index (κ3) is 2.95. The summed E-state index contributed by atoms with van der Waals surface area (Å²) < 4.78 is 2.21. The van der Waals surface area contributed by atoms with Crippen LogP contribution in [0.15, 0.2) is 9.59 Å². The van der Waals surface area contributed by atoms with Crippen molar-refractivity contribution in [3.05, 3.63) is 20.8 Å². The molecule has 8 heteroatoms. The lowest BCUT2D eigenvalue weighted by molar-refractivity contribution is -0.118. The van der Waals surface area contributed by atoms with Gasteiger partial charge < -0.3 is 16.4 Å². The van der Waals surface area contributed by atoms with Crippen LogP contribution in [0.3, 0.4) is 0 Å². The van der Waals surface area contributed by atoms with Gasteiger partial charge in [-0.3, -0.25) is 18.7 Å². The monoisotopic (exact) mass is 269 g/mol. The maximum Gasteiger partial charge on any atom is 0.332 e. The first-order chi connectivity index (χ1) is 8.77. The second kappa shape index (κ2) is 5.59. The van der Waals surface area contributed by atoms with Crippen molar-refractivity contribution < 1.29 is 4.79 Å². The molecule has 1 heterocycles. The summed E-state index contributed by atoms with van der Waals surface area (Å²) in [4.78, 5) is 36.0. The maximum atomic E-state index is 12.0. The molecule has 0 saturated heterocycles. The molecular weight excluding hydrogens is 250 g/mol. The van der Waals surface area contributed by atoms with Gasteiger partial charge in [-0.15, -0.1) is 0 Å². The van der Waals surface area contributed by atoms with Crippen molar-refractivity contribution in [2.24, 2.45) is 19.8 Å². The fourth-order valence-corrected chi connectivity index (χ4v) is 1.80. The predicted octanol–water partition coefficient (Wildman–Crippen LogP) is -1.63. The second-order valence-electron chi connectivity index (χ2n) is 4.43. The Kier molecular flexibility index (Phi) is 4.36. The number of hydrogen-bond donors (Lipinski definition) is 2. The fourth-order valence-electron chi connectivity index (χ4n) is 1.80. The molecule has 106 valence electrons. The van der Waals surface area contributed by atoms with Gasteiger partial charge in [-0.1, -0.05) is 0 Å². The number of rotatable bonds is 5. The number of amides is 1. The van der Waals surface area contributed by atoms with Crippen LogP contribution in [0, 0.1) is 0 Å². The number of carbonyl (C=O) groups excluding carboxylic acids is 1. The van der Waals surface area contributed by atoms with Gasteiger partial charge in [0.25, 0.3) is 5.56 Å². The van der Waals surface area contributed by atoms with Gasteiger partial charge in [0.2, 0.25) is 5.91 Å². The normalized spacial score (nSPS) is 10.5. The van der Waals surface area contributed by atoms with Crippen LogP contribution in [0.5, 0.6) is 0 Å². The summed E-state index contributed by atoms with van der Waals surface area (Å²) in [5, 5.41) is 0. The van der Waals surface area contributed by atoms with Gasteiger partial charge in [0.15, 0.2) is 0 Å². The molecule has 0 aliphatic heterocycles. The Balaban J connectivity index is 3.10. The van der Waals surface area contributed by atoms with Crippen LogP contribution in [0.4, 0.5) is 11.5 Å². The first-order valence-electron chi connectivity index (χ1n) is 5.82. The lowest BCUT2D eigenvalue weighted by Gasteiger charge is -2.21. The molecule has 19 heavy (non-hydrogen) atoms. The van der Waals surface area contributed by atoms with Crippen molar-refractivity contribution in [3.8, 4) is 0 Å². The van der Waals surface area contributed by atoms with E-state index in [1.165, 1.54) is 18.7 Å². The van der Waals surface area contributed by atoms with Crippen molar-refractivity contribution in [2.75, 3.05) is 24.2 Å². The Morgan fingerprint density at radius 1 is 1.26 bits per heavy atom. The average molecular weight is 269 g/mol. The highest BCUT2D eigenvalue weighted by Gasteiger charge is 2.16. The van der Waals surface area contributed by atoms with E-state index in [1.807, 2.05) is 0 Å². The van der Waals surface area contributed by atoms with E-state index in [0.29, 0.717) is 13.0 Å². The van der Waals surface area contributed by atoms with E-state index in [9.17, 15) is 14.4 Å². The van der Waals surface area contributed by atoms with Crippen LogP contribution >= 0.6 is 0 Å². The quantitative estimate of drug-likeness (QED) is 0.665. The molecule has 0 aliphatic rings. The van der Waals surface area contributed by atoms with Crippen LogP contribution in [0.25, 0.3) is 0 Å². The van der Waals surface area contributed by atoms with Crippen molar-refractivity contribution in [1.82, 2.24) is 9.13 Å². The number of nitrogen functional groups attached to an aromatic ring is 1. The Bertz CT molecular complexity index is 602. The van der Waals surface area contributed by atoms with Gasteiger partial charge in [-0.25, -0.2) is 4.79 Å². The van der Waals surface area contributed by atoms with Crippen LogP contribution in [-0.2, 0) is 18.9 Å². The minimum absolute atomic E-state index is 0.106. The first-order valence-corrected chi connectivity index (χ1v) is 5.82. The van der Waals surface area contributed by atoms with E-state index in [-0.39, 0.29) is 17.9 Å². The van der Waals surface area contributed by atoms with Crippen LogP contribution in [0.2, 0.25) is 0 Å². The number of hydrogen-bond acceptors (Lipinski definition) is 5. The number of primary amides is 1. The molecular formula is C11H19N5O3. The van der Waals surface area contributed by atoms with Gasteiger partial charge >= 0.3 is 5.69 Å². The van der Waals surface area contributed by atoms with Crippen LogP contribution in [-0.4, -0.2) is 28.6 Å². The maximum absolute atomic E-state index is 12.0. The van der Waals surface area contributed by atoms with Gasteiger partial charge in [-0.05, 0) is 6.42 Å². The fraction of sp³-hybridized carbons (Fsp3) is 0.545. The number of carbonyl (C=O) groups is 1. The topological polar surface area (TPSA) is 116 Å². The second-order valence-corrected chi connectivity index (χ2v) is 4.43. The summed E-state index contributed by atoms with van der Waals surface area (Å²) in [7, 11) is 4.57. The number of aromatic nitrogens is 2. The van der Waals surface area contributed by atoms with Gasteiger partial charge in [0, 0.05) is 34.1 Å². The van der Waals surface area contributed by atoms with E-state index >= 15 is 0 Å². The third-order valence-corrected chi connectivity index (χ3v) is 2.98. The standard InChI is InChI=1S/C11H19N5O3/c1-14(6-4-5-7(12)17)8-9(13)15(2)11(19)16(3)10(8)18/h4-6,13H2,1-3H3,(H2,12,17). The zero-order valence-corrected chi connectivity index (χ0v) is 11.3. The molecule has 0 spiro atoms. The summed E-state index contributed by atoms with van der Waals surface area (Å²) in [5.74, 6) is -0.288. The van der Waals surface area contributed by atoms with Crippen LogP contribution < -0.4 is 27.6 Å². The van der Waals surface area contributed by atoms with Crippen molar-refractivity contribution in [1.29, 1.82) is 0 Å².